The Morgan fingerprint density at radius 1 is 1.50 bits per heavy atom. The molecule has 1 N–H and O–H groups in total. The summed E-state index contributed by atoms with van der Waals surface area (Å²) in [5.41, 5.74) is 0.459. The molecule has 0 aromatic carbocycles. The van der Waals surface area contributed by atoms with Crippen LogP contribution in [0.4, 0.5) is 0 Å². The monoisotopic (exact) mass is 278 g/mol. The van der Waals surface area contributed by atoms with Gasteiger partial charge in [-0.2, -0.15) is 0 Å². The van der Waals surface area contributed by atoms with Gasteiger partial charge in [0.2, 0.25) is 0 Å². The van der Waals surface area contributed by atoms with E-state index < -0.39 is 0 Å². The van der Waals surface area contributed by atoms with Gasteiger partial charge in [-0.3, -0.25) is 0 Å². The Morgan fingerprint density at radius 2 is 2.30 bits per heavy atom. The van der Waals surface area contributed by atoms with Crippen LogP contribution >= 0.6 is 0 Å². The van der Waals surface area contributed by atoms with Gasteiger partial charge in [0.15, 0.2) is 0 Å². The summed E-state index contributed by atoms with van der Waals surface area (Å²) in [6, 6.07) is 1.69. The lowest BCUT2D eigenvalue weighted by atomic mass is 10.2. The zero-order valence-electron chi connectivity index (χ0n) is 11.8. The standard InChI is InChI=1S/C13H18N4O3/c1-4-17-8-15-16-12(17)7-14-6-10-5-11(9(2)20-10)13(18)19-3/h5,8,14H,4,6-7H2,1-3H3. The molecule has 7 heteroatoms. The highest BCUT2D eigenvalue weighted by Gasteiger charge is 2.15. The summed E-state index contributed by atoms with van der Waals surface area (Å²) in [6.45, 7) is 5.70. The van der Waals surface area contributed by atoms with Gasteiger partial charge in [-0.25, -0.2) is 4.79 Å². The van der Waals surface area contributed by atoms with Crippen molar-refractivity contribution in [2.75, 3.05) is 7.11 Å². The van der Waals surface area contributed by atoms with Crippen molar-refractivity contribution in [2.24, 2.45) is 0 Å². The number of hydrogen-bond acceptors (Lipinski definition) is 6. The van der Waals surface area contributed by atoms with Crippen molar-refractivity contribution >= 4 is 5.97 Å². The van der Waals surface area contributed by atoms with Crippen molar-refractivity contribution in [2.45, 2.75) is 33.5 Å². The minimum atomic E-state index is -0.386. The van der Waals surface area contributed by atoms with Gasteiger partial charge < -0.3 is 19.0 Å². The Hall–Kier alpha value is -2.15. The first kappa shape index (κ1) is 14.3. The molecule has 0 bridgehead atoms. The normalized spacial score (nSPS) is 10.8. The predicted octanol–water partition coefficient (Wildman–Crippen LogP) is 1.28. The zero-order chi connectivity index (χ0) is 14.5. The van der Waals surface area contributed by atoms with Crippen LogP contribution in [0.5, 0.6) is 0 Å². The van der Waals surface area contributed by atoms with Crippen molar-refractivity contribution in [1.82, 2.24) is 20.1 Å². The van der Waals surface area contributed by atoms with Gasteiger partial charge in [0.25, 0.3) is 0 Å². The molecule has 0 aliphatic carbocycles. The fraction of sp³-hybridized carbons (Fsp3) is 0.462. The van der Waals surface area contributed by atoms with E-state index in [0.29, 0.717) is 30.2 Å². The average Bonchev–Trinajstić information content (AvgIpc) is 3.04. The largest absolute Gasteiger partial charge is 0.465 e. The van der Waals surface area contributed by atoms with Gasteiger partial charge >= 0.3 is 5.97 Å². The van der Waals surface area contributed by atoms with Gasteiger partial charge in [0.05, 0.1) is 20.2 Å². The molecule has 0 aliphatic rings. The maximum absolute atomic E-state index is 11.5. The summed E-state index contributed by atoms with van der Waals surface area (Å²) < 4.78 is 12.1. The Balaban J connectivity index is 1.93. The van der Waals surface area contributed by atoms with Crippen molar-refractivity contribution in [1.29, 1.82) is 0 Å². The minimum absolute atomic E-state index is 0.386. The molecule has 2 rings (SSSR count). The number of nitrogens with one attached hydrogen (secondary N) is 1. The van der Waals surface area contributed by atoms with Crippen LogP contribution in [0.2, 0.25) is 0 Å². The SMILES string of the molecule is CCn1cnnc1CNCc1cc(C(=O)OC)c(C)o1. The lowest BCUT2D eigenvalue weighted by Crippen LogP contribution is -2.16. The van der Waals surface area contributed by atoms with E-state index in [4.69, 9.17) is 4.42 Å². The summed E-state index contributed by atoms with van der Waals surface area (Å²) in [4.78, 5) is 11.5. The number of esters is 1. The molecule has 20 heavy (non-hydrogen) atoms. The number of furan rings is 1. The first-order valence-electron chi connectivity index (χ1n) is 6.40. The first-order chi connectivity index (χ1) is 9.65. The highest BCUT2D eigenvalue weighted by atomic mass is 16.5. The van der Waals surface area contributed by atoms with E-state index in [0.717, 1.165) is 12.4 Å². The molecule has 108 valence electrons. The molecule has 2 aromatic heterocycles. The van der Waals surface area contributed by atoms with Crippen molar-refractivity contribution in [3.05, 3.63) is 35.3 Å². The molecule has 0 fully saturated rings. The average molecular weight is 278 g/mol. The molecular weight excluding hydrogens is 260 g/mol. The van der Waals surface area contributed by atoms with E-state index in [-0.39, 0.29) is 5.97 Å². The lowest BCUT2D eigenvalue weighted by Gasteiger charge is -2.03. The maximum atomic E-state index is 11.5. The molecule has 0 radical (unpaired) electrons. The summed E-state index contributed by atoms with van der Waals surface area (Å²) in [7, 11) is 1.35. The van der Waals surface area contributed by atoms with Gasteiger partial charge in [0.1, 0.15) is 29.2 Å². The highest BCUT2D eigenvalue weighted by Crippen LogP contribution is 2.15. The number of methoxy groups -OCH3 is 1. The van der Waals surface area contributed by atoms with E-state index in [1.54, 1.807) is 19.3 Å². The third-order valence-corrected chi connectivity index (χ3v) is 2.99. The molecule has 0 saturated heterocycles. The molecule has 0 aliphatic heterocycles. The second-order valence-electron chi connectivity index (χ2n) is 4.31. The molecule has 0 unspecified atom stereocenters. The number of carbonyl (C=O) groups is 1. The first-order valence-corrected chi connectivity index (χ1v) is 6.40. The van der Waals surface area contributed by atoms with Gasteiger partial charge in [0, 0.05) is 6.54 Å². The van der Waals surface area contributed by atoms with Crippen LogP contribution in [0.25, 0.3) is 0 Å². The van der Waals surface area contributed by atoms with Gasteiger partial charge in [-0.15, -0.1) is 10.2 Å². The number of hydrogen-bond donors (Lipinski definition) is 1. The zero-order valence-corrected chi connectivity index (χ0v) is 11.8. The smallest absolute Gasteiger partial charge is 0.341 e. The predicted molar refractivity (Wildman–Crippen MR) is 71.0 cm³/mol. The quantitative estimate of drug-likeness (QED) is 0.801. The number of aromatic nitrogens is 3. The molecule has 0 atom stereocenters. The van der Waals surface area contributed by atoms with Crippen LogP contribution in [0.1, 0.15) is 34.6 Å². The van der Waals surface area contributed by atoms with E-state index in [9.17, 15) is 4.79 Å². The van der Waals surface area contributed by atoms with E-state index in [2.05, 4.69) is 20.3 Å². The van der Waals surface area contributed by atoms with E-state index >= 15 is 0 Å². The molecule has 0 amide bonds. The van der Waals surface area contributed by atoms with Crippen molar-refractivity contribution in [3.8, 4) is 0 Å². The van der Waals surface area contributed by atoms with Crippen LogP contribution in [-0.2, 0) is 24.4 Å². The number of ether oxygens (including phenoxy) is 1. The molecule has 7 nitrogen and oxygen atoms in total. The van der Waals surface area contributed by atoms with Crippen LogP contribution < -0.4 is 5.32 Å². The molecule has 2 aromatic rings. The Labute approximate surface area is 116 Å². The molecule has 0 saturated carbocycles. The lowest BCUT2D eigenvalue weighted by molar-refractivity contribution is 0.0599. The number of nitrogens with zero attached hydrogens (tertiary/aromatic N) is 3. The number of aryl methyl sites for hydroxylation is 2. The Kier molecular flexibility index (Phi) is 4.52. The minimum Gasteiger partial charge on any atom is -0.465 e. The highest BCUT2D eigenvalue weighted by molar-refractivity contribution is 5.90. The van der Waals surface area contributed by atoms with Crippen molar-refractivity contribution in [3.63, 3.8) is 0 Å². The molecule has 2 heterocycles. The fourth-order valence-corrected chi connectivity index (χ4v) is 1.92. The Morgan fingerprint density at radius 3 is 3.00 bits per heavy atom. The number of carbonyl (C=O) groups excluding carboxylic acids is 1. The molecular formula is C13H18N4O3. The van der Waals surface area contributed by atoms with Gasteiger partial charge in [-0.1, -0.05) is 0 Å². The van der Waals surface area contributed by atoms with Gasteiger partial charge in [-0.05, 0) is 19.9 Å². The Bertz CT molecular complexity index is 588. The summed E-state index contributed by atoms with van der Waals surface area (Å²) in [5.74, 6) is 1.73. The second kappa shape index (κ2) is 6.33. The molecule has 0 spiro atoms. The van der Waals surface area contributed by atoms with Crippen LogP contribution in [-0.4, -0.2) is 27.8 Å². The van der Waals surface area contributed by atoms with E-state index in [1.165, 1.54) is 7.11 Å². The van der Waals surface area contributed by atoms with Crippen LogP contribution in [0, 0.1) is 6.92 Å². The third-order valence-electron chi connectivity index (χ3n) is 2.99. The third kappa shape index (κ3) is 3.05. The van der Waals surface area contributed by atoms with Crippen LogP contribution in [0.15, 0.2) is 16.8 Å². The van der Waals surface area contributed by atoms with E-state index in [1.807, 2.05) is 11.5 Å². The number of rotatable bonds is 6. The fourth-order valence-electron chi connectivity index (χ4n) is 1.92. The van der Waals surface area contributed by atoms with Crippen LogP contribution in [0.3, 0.4) is 0 Å². The second-order valence-corrected chi connectivity index (χ2v) is 4.31. The topological polar surface area (TPSA) is 82.2 Å². The summed E-state index contributed by atoms with van der Waals surface area (Å²) in [5, 5.41) is 11.1. The van der Waals surface area contributed by atoms with Crippen molar-refractivity contribution < 1.29 is 13.9 Å². The summed E-state index contributed by atoms with van der Waals surface area (Å²) >= 11 is 0. The summed E-state index contributed by atoms with van der Waals surface area (Å²) in [6.07, 6.45) is 1.70. The maximum Gasteiger partial charge on any atom is 0.341 e.